The lowest BCUT2D eigenvalue weighted by molar-refractivity contribution is -0.119. The lowest BCUT2D eigenvalue weighted by atomic mass is 10.2. The van der Waals surface area contributed by atoms with Gasteiger partial charge in [0.15, 0.2) is 0 Å². The summed E-state index contributed by atoms with van der Waals surface area (Å²) in [6.45, 7) is 6.97. The van der Waals surface area contributed by atoms with E-state index >= 15 is 0 Å². The molecule has 0 aromatic carbocycles. The van der Waals surface area contributed by atoms with Gasteiger partial charge in [-0.1, -0.05) is 13.8 Å². The summed E-state index contributed by atoms with van der Waals surface area (Å²) in [7, 11) is 1.84. The predicted molar refractivity (Wildman–Crippen MR) is 74.5 cm³/mol. The lowest BCUT2D eigenvalue weighted by Crippen LogP contribution is -2.37. The number of nitrogens with one attached hydrogen (secondary N) is 1. The number of aryl methyl sites for hydroxylation is 1. The van der Waals surface area contributed by atoms with Crippen molar-refractivity contribution in [3.05, 3.63) is 17.8 Å². The van der Waals surface area contributed by atoms with E-state index < -0.39 is 0 Å². The number of hydrogen-bond acceptors (Lipinski definition) is 4. The fraction of sp³-hybridized carbons (Fsp3) is 0.538. The van der Waals surface area contributed by atoms with E-state index in [0.29, 0.717) is 24.7 Å². The summed E-state index contributed by atoms with van der Waals surface area (Å²) in [6, 6.07) is 3.62. The van der Waals surface area contributed by atoms with E-state index in [4.69, 9.17) is 5.73 Å². The third-order valence-electron chi connectivity index (χ3n) is 2.59. The normalized spacial score (nSPS) is 10.5. The summed E-state index contributed by atoms with van der Waals surface area (Å²) in [6.07, 6.45) is 0. The van der Waals surface area contributed by atoms with E-state index in [2.05, 4.69) is 24.1 Å². The third-order valence-corrected chi connectivity index (χ3v) is 2.59. The van der Waals surface area contributed by atoms with E-state index in [1.165, 1.54) is 0 Å². The molecule has 0 saturated heterocycles. The van der Waals surface area contributed by atoms with Crippen molar-refractivity contribution in [2.24, 2.45) is 5.92 Å². The van der Waals surface area contributed by atoms with Gasteiger partial charge in [0.2, 0.25) is 5.91 Å². The zero-order valence-electron chi connectivity index (χ0n) is 11.5. The molecule has 0 atom stereocenters. The maximum atomic E-state index is 11.7. The number of likely N-dealkylation sites (N-methyl/N-ethyl adjacent to an activating group) is 1. The molecule has 0 bridgehead atoms. The van der Waals surface area contributed by atoms with Crippen molar-refractivity contribution in [3.8, 4) is 0 Å². The number of rotatable bonds is 5. The highest BCUT2D eigenvalue weighted by atomic mass is 16.2. The first-order valence-electron chi connectivity index (χ1n) is 6.11. The van der Waals surface area contributed by atoms with Gasteiger partial charge in [0.25, 0.3) is 0 Å². The summed E-state index contributed by atoms with van der Waals surface area (Å²) >= 11 is 0. The minimum atomic E-state index is 0.00229. The Hall–Kier alpha value is -1.78. The number of anilines is 2. The summed E-state index contributed by atoms with van der Waals surface area (Å²) in [5.74, 6) is 1.21. The number of nitrogens with zero attached hydrogens (tertiary/aromatic N) is 2. The van der Waals surface area contributed by atoms with Crippen molar-refractivity contribution in [2.45, 2.75) is 20.8 Å². The van der Waals surface area contributed by atoms with Gasteiger partial charge < -0.3 is 16.0 Å². The average molecular weight is 250 g/mol. The molecule has 0 fully saturated rings. The number of aromatic nitrogens is 1. The molecule has 0 spiro atoms. The zero-order valence-corrected chi connectivity index (χ0v) is 11.5. The third kappa shape index (κ3) is 4.24. The molecule has 0 saturated carbocycles. The largest absolute Gasteiger partial charge is 0.397 e. The zero-order chi connectivity index (χ0) is 13.7. The standard InChI is InChI=1S/C13H22N4O/c1-9(2)7-15-13(18)8-17(4)12-6-5-11(14)10(3)16-12/h5-6,9H,7-8,14H2,1-4H3,(H,15,18). The molecule has 0 radical (unpaired) electrons. The Bertz CT molecular complexity index is 417. The quantitative estimate of drug-likeness (QED) is 0.823. The van der Waals surface area contributed by atoms with Gasteiger partial charge in [0.1, 0.15) is 5.82 Å². The molecule has 1 aromatic heterocycles. The van der Waals surface area contributed by atoms with Crippen LogP contribution in [0.15, 0.2) is 12.1 Å². The maximum absolute atomic E-state index is 11.7. The fourth-order valence-electron chi connectivity index (χ4n) is 1.44. The van der Waals surface area contributed by atoms with Gasteiger partial charge in [-0.05, 0) is 25.0 Å². The van der Waals surface area contributed by atoms with Crippen molar-refractivity contribution in [1.29, 1.82) is 0 Å². The Morgan fingerprint density at radius 2 is 2.17 bits per heavy atom. The molecule has 0 aliphatic rings. The Morgan fingerprint density at radius 3 is 2.72 bits per heavy atom. The molecule has 1 heterocycles. The number of nitrogens with two attached hydrogens (primary N) is 1. The molecule has 1 rings (SSSR count). The second-order valence-electron chi connectivity index (χ2n) is 4.90. The summed E-state index contributed by atoms with van der Waals surface area (Å²) < 4.78 is 0. The van der Waals surface area contributed by atoms with Crippen molar-refractivity contribution in [1.82, 2.24) is 10.3 Å². The van der Waals surface area contributed by atoms with Gasteiger partial charge in [-0.25, -0.2) is 4.98 Å². The molecule has 100 valence electrons. The highest BCUT2D eigenvalue weighted by Crippen LogP contribution is 2.14. The topological polar surface area (TPSA) is 71.2 Å². The van der Waals surface area contributed by atoms with Crippen molar-refractivity contribution in [3.63, 3.8) is 0 Å². The molecule has 0 aliphatic carbocycles. The van der Waals surface area contributed by atoms with Gasteiger partial charge in [-0.15, -0.1) is 0 Å². The summed E-state index contributed by atoms with van der Waals surface area (Å²) in [4.78, 5) is 17.8. The molecular weight excluding hydrogens is 228 g/mol. The molecule has 0 unspecified atom stereocenters. The number of pyridine rings is 1. The van der Waals surface area contributed by atoms with Crippen LogP contribution in [-0.2, 0) is 4.79 Å². The average Bonchev–Trinajstić information content (AvgIpc) is 2.30. The molecule has 5 nitrogen and oxygen atoms in total. The predicted octanol–water partition coefficient (Wildman–Crippen LogP) is 1.18. The van der Waals surface area contributed by atoms with Gasteiger partial charge >= 0.3 is 0 Å². The highest BCUT2D eigenvalue weighted by molar-refractivity contribution is 5.80. The van der Waals surface area contributed by atoms with Crippen LogP contribution in [0.1, 0.15) is 19.5 Å². The first-order chi connectivity index (χ1) is 8.40. The van der Waals surface area contributed by atoms with Gasteiger partial charge in [-0.2, -0.15) is 0 Å². The van der Waals surface area contributed by atoms with E-state index in [1.54, 1.807) is 6.07 Å². The smallest absolute Gasteiger partial charge is 0.239 e. The monoisotopic (exact) mass is 250 g/mol. The number of hydrogen-bond donors (Lipinski definition) is 2. The Morgan fingerprint density at radius 1 is 1.50 bits per heavy atom. The van der Waals surface area contributed by atoms with Crippen LogP contribution in [0, 0.1) is 12.8 Å². The van der Waals surface area contributed by atoms with E-state index in [1.807, 2.05) is 24.9 Å². The van der Waals surface area contributed by atoms with E-state index in [-0.39, 0.29) is 5.91 Å². The fourth-order valence-corrected chi connectivity index (χ4v) is 1.44. The molecule has 1 amide bonds. The minimum absolute atomic E-state index is 0.00229. The second-order valence-corrected chi connectivity index (χ2v) is 4.90. The van der Waals surface area contributed by atoms with Crippen molar-refractivity contribution >= 4 is 17.4 Å². The highest BCUT2D eigenvalue weighted by Gasteiger charge is 2.09. The van der Waals surface area contributed by atoms with Crippen LogP contribution in [0.4, 0.5) is 11.5 Å². The number of nitrogen functional groups attached to an aromatic ring is 1. The molecule has 1 aromatic rings. The van der Waals surface area contributed by atoms with Crippen LogP contribution in [0.25, 0.3) is 0 Å². The molecule has 18 heavy (non-hydrogen) atoms. The number of amides is 1. The van der Waals surface area contributed by atoms with Crippen LogP contribution < -0.4 is 16.0 Å². The summed E-state index contributed by atoms with van der Waals surface area (Å²) in [5.41, 5.74) is 7.15. The molecular formula is C13H22N4O. The first-order valence-corrected chi connectivity index (χ1v) is 6.11. The van der Waals surface area contributed by atoms with Crippen LogP contribution in [0.5, 0.6) is 0 Å². The molecule has 3 N–H and O–H groups in total. The van der Waals surface area contributed by atoms with E-state index in [9.17, 15) is 4.79 Å². The molecule has 5 heteroatoms. The minimum Gasteiger partial charge on any atom is -0.397 e. The van der Waals surface area contributed by atoms with Gasteiger partial charge in [0, 0.05) is 13.6 Å². The number of carbonyl (C=O) groups is 1. The Kier molecular flexibility index (Phi) is 4.95. The van der Waals surface area contributed by atoms with Gasteiger partial charge in [0.05, 0.1) is 17.9 Å². The Balaban J connectivity index is 2.56. The van der Waals surface area contributed by atoms with Crippen molar-refractivity contribution < 1.29 is 4.79 Å². The van der Waals surface area contributed by atoms with Crippen LogP contribution in [-0.4, -0.2) is 31.0 Å². The summed E-state index contributed by atoms with van der Waals surface area (Å²) in [5, 5.41) is 2.88. The van der Waals surface area contributed by atoms with E-state index in [0.717, 1.165) is 11.5 Å². The van der Waals surface area contributed by atoms with Crippen LogP contribution >= 0.6 is 0 Å². The van der Waals surface area contributed by atoms with Crippen LogP contribution in [0.2, 0.25) is 0 Å². The Labute approximate surface area is 108 Å². The lowest BCUT2D eigenvalue weighted by Gasteiger charge is -2.19. The molecule has 0 aliphatic heterocycles. The van der Waals surface area contributed by atoms with Gasteiger partial charge in [-0.3, -0.25) is 4.79 Å². The number of carbonyl (C=O) groups excluding carboxylic acids is 1. The first kappa shape index (κ1) is 14.3. The SMILES string of the molecule is Cc1nc(N(C)CC(=O)NCC(C)C)ccc1N. The van der Waals surface area contributed by atoms with Crippen molar-refractivity contribution in [2.75, 3.05) is 30.8 Å². The maximum Gasteiger partial charge on any atom is 0.239 e. The van der Waals surface area contributed by atoms with Crippen LogP contribution in [0.3, 0.4) is 0 Å². The second kappa shape index (κ2) is 6.23.